The van der Waals surface area contributed by atoms with Crippen LogP contribution in [0.15, 0.2) is 84.9 Å². The van der Waals surface area contributed by atoms with Gasteiger partial charge in [-0.05, 0) is 42.5 Å². The Morgan fingerprint density at radius 3 is 2.22 bits per heavy atom. The number of fused-ring (bicyclic) bond motifs is 1. The zero-order chi connectivity index (χ0) is 22.2. The minimum Gasteiger partial charge on any atom is -0.493 e. The molecule has 32 heavy (non-hydrogen) atoms. The smallest absolute Gasteiger partial charge is 0.306 e. The van der Waals surface area contributed by atoms with E-state index in [2.05, 4.69) is 4.98 Å². The summed E-state index contributed by atoms with van der Waals surface area (Å²) in [5.41, 5.74) is 2.66. The minimum absolute atomic E-state index is 0.0502. The highest BCUT2D eigenvalue weighted by Crippen LogP contribution is 2.23. The number of ether oxygens (including phenoxy) is 3. The lowest BCUT2D eigenvalue weighted by molar-refractivity contribution is -0.137. The average Bonchev–Trinajstić information content (AvgIpc) is 2.82. The molecule has 1 aromatic heterocycles. The van der Waals surface area contributed by atoms with Gasteiger partial charge < -0.3 is 19.3 Å². The highest BCUT2D eigenvalue weighted by atomic mass is 16.5. The third-order valence-corrected chi connectivity index (χ3v) is 4.81. The largest absolute Gasteiger partial charge is 0.493 e. The number of nitrogens with zero attached hydrogens (tertiary/aromatic N) is 1. The van der Waals surface area contributed by atoms with E-state index in [0.29, 0.717) is 24.7 Å². The molecule has 0 bridgehead atoms. The number of carboxylic acids is 1. The number of para-hydroxylation sites is 2. The van der Waals surface area contributed by atoms with Gasteiger partial charge in [0, 0.05) is 10.9 Å². The number of pyridine rings is 1. The van der Waals surface area contributed by atoms with Crippen molar-refractivity contribution >= 4 is 16.9 Å². The second-order valence-electron chi connectivity index (χ2n) is 7.14. The van der Waals surface area contributed by atoms with Crippen LogP contribution in [0.5, 0.6) is 17.2 Å². The lowest BCUT2D eigenvalue weighted by atomic mass is 10.2. The topological polar surface area (TPSA) is 77.9 Å². The van der Waals surface area contributed by atoms with Gasteiger partial charge in [0.2, 0.25) is 0 Å². The second kappa shape index (κ2) is 10.3. The summed E-state index contributed by atoms with van der Waals surface area (Å²) in [4.78, 5) is 15.3. The van der Waals surface area contributed by atoms with Crippen LogP contribution in [0.1, 0.15) is 17.7 Å². The maximum Gasteiger partial charge on any atom is 0.306 e. The van der Waals surface area contributed by atoms with E-state index in [1.54, 1.807) is 6.07 Å². The van der Waals surface area contributed by atoms with Crippen molar-refractivity contribution < 1.29 is 24.1 Å². The van der Waals surface area contributed by atoms with Crippen molar-refractivity contribution in [2.75, 3.05) is 6.61 Å². The van der Waals surface area contributed by atoms with Crippen molar-refractivity contribution in [1.82, 2.24) is 4.98 Å². The molecule has 0 spiro atoms. The molecule has 1 heterocycles. The van der Waals surface area contributed by atoms with Crippen LogP contribution in [-0.4, -0.2) is 22.7 Å². The zero-order valence-electron chi connectivity index (χ0n) is 17.4. The molecule has 4 aromatic rings. The summed E-state index contributed by atoms with van der Waals surface area (Å²) in [7, 11) is 0. The quantitative estimate of drug-likeness (QED) is 0.371. The van der Waals surface area contributed by atoms with E-state index in [-0.39, 0.29) is 13.0 Å². The molecular weight excluding hydrogens is 406 g/mol. The Labute approximate surface area is 186 Å². The number of carbonyl (C=O) groups is 1. The van der Waals surface area contributed by atoms with E-state index in [1.807, 2.05) is 78.9 Å². The third-order valence-electron chi connectivity index (χ3n) is 4.81. The fourth-order valence-corrected chi connectivity index (χ4v) is 3.15. The maximum atomic E-state index is 10.7. The predicted molar refractivity (Wildman–Crippen MR) is 121 cm³/mol. The van der Waals surface area contributed by atoms with E-state index in [9.17, 15) is 4.79 Å². The fourth-order valence-electron chi connectivity index (χ4n) is 3.15. The molecule has 1 N–H and O–H groups in total. The Kier molecular flexibility index (Phi) is 6.82. The van der Waals surface area contributed by atoms with E-state index < -0.39 is 5.97 Å². The van der Waals surface area contributed by atoms with Gasteiger partial charge in [-0.15, -0.1) is 0 Å². The van der Waals surface area contributed by atoms with Crippen molar-refractivity contribution in [3.05, 3.63) is 96.2 Å². The molecule has 3 aromatic carbocycles. The number of aliphatic carboxylic acids is 1. The normalized spacial score (nSPS) is 10.6. The van der Waals surface area contributed by atoms with Crippen LogP contribution in [0.3, 0.4) is 0 Å². The van der Waals surface area contributed by atoms with Crippen LogP contribution in [0.4, 0.5) is 0 Å². The SMILES string of the molecule is O=C(O)CCOc1ccccc1COc1ccc(OCc2ccc3ccccc3n2)cc1. The van der Waals surface area contributed by atoms with Gasteiger partial charge in [-0.3, -0.25) is 4.79 Å². The van der Waals surface area contributed by atoms with Gasteiger partial charge >= 0.3 is 5.97 Å². The zero-order valence-corrected chi connectivity index (χ0v) is 17.4. The van der Waals surface area contributed by atoms with Gasteiger partial charge in [0.25, 0.3) is 0 Å². The van der Waals surface area contributed by atoms with Crippen molar-refractivity contribution in [2.24, 2.45) is 0 Å². The molecule has 0 fully saturated rings. The van der Waals surface area contributed by atoms with Crippen LogP contribution in [0.25, 0.3) is 10.9 Å². The first-order chi connectivity index (χ1) is 15.7. The molecule has 162 valence electrons. The Morgan fingerprint density at radius 1 is 0.750 bits per heavy atom. The van der Waals surface area contributed by atoms with Crippen LogP contribution < -0.4 is 14.2 Å². The maximum absolute atomic E-state index is 10.7. The van der Waals surface area contributed by atoms with Crippen LogP contribution in [-0.2, 0) is 18.0 Å². The highest BCUT2D eigenvalue weighted by Gasteiger charge is 2.06. The number of hydrogen-bond acceptors (Lipinski definition) is 5. The van der Waals surface area contributed by atoms with Crippen molar-refractivity contribution in [1.29, 1.82) is 0 Å². The summed E-state index contributed by atoms with van der Waals surface area (Å²) in [6.07, 6.45) is -0.0502. The fraction of sp³-hybridized carbons (Fsp3) is 0.154. The number of carboxylic acid groups (broad SMARTS) is 1. The Balaban J connectivity index is 1.31. The first-order valence-corrected chi connectivity index (χ1v) is 10.3. The summed E-state index contributed by atoms with van der Waals surface area (Å²) in [6.45, 7) is 0.807. The summed E-state index contributed by atoms with van der Waals surface area (Å²) < 4.78 is 17.3. The highest BCUT2D eigenvalue weighted by molar-refractivity contribution is 5.78. The molecule has 6 heteroatoms. The average molecular weight is 429 g/mol. The van der Waals surface area contributed by atoms with E-state index in [1.165, 1.54) is 0 Å². The van der Waals surface area contributed by atoms with Gasteiger partial charge in [0.05, 0.1) is 24.2 Å². The van der Waals surface area contributed by atoms with Gasteiger partial charge in [0.15, 0.2) is 0 Å². The first-order valence-electron chi connectivity index (χ1n) is 10.3. The number of rotatable bonds is 10. The van der Waals surface area contributed by atoms with Crippen LogP contribution in [0.2, 0.25) is 0 Å². The minimum atomic E-state index is -0.891. The first kappa shape index (κ1) is 21.2. The van der Waals surface area contributed by atoms with Crippen molar-refractivity contribution in [2.45, 2.75) is 19.6 Å². The van der Waals surface area contributed by atoms with Crippen molar-refractivity contribution in [3.63, 3.8) is 0 Å². The Morgan fingerprint density at radius 2 is 1.44 bits per heavy atom. The van der Waals surface area contributed by atoms with Gasteiger partial charge in [-0.1, -0.05) is 42.5 Å². The number of aromatic nitrogens is 1. The standard InChI is InChI=1S/C26H23NO5/c28-26(29)15-16-30-25-8-4-2-6-20(25)17-31-22-11-13-23(14-12-22)32-18-21-10-9-19-5-1-3-7-24(19)27-21/h1-14H,15-18H2,(H,28,29). The van der Waals surface area contributed by atoms with Gasteiger partial charge in [-0.25, -0.2) is 4.98 Å². The van der Waals surface area contributed by atoms with E-state index in [4.69, 9.17) is 19.3 Å². The Hall–Kier alpha value is -4.06. The molecule has 0 aliphatic rings. The second-order valence-corrected chi connectivity index (χ2v) is 7.14. The summed E-state index contributed by atoms with van der Waals surface area (Å²) >= 11 is 0. The lowest BCUT2D eigenvalue weighted by Gasteiger charge is -2.12. The molecule has 0 aliphatic carbocycles. The van der Waals surface area contributed by atoms with Crippen LogP contribution in [0, 0.1) is 0 Å². The number of benzene rings is 3. The molecule has 0 atom stereocenters. The Bertz CT molecular complexity index is 1190. The van der Waals surface area contributed by atoms with Gasteiger partial charge in [0.1, 0.15) is 30.5 Å². The van der Waals surface area contributed by atoms with Gasteiger partial charge in [-0.2, -0.15) is 0 Å². The monoisotopic (exact) mass is 429 g/mol. The number of hydrogen-bond donors (Lipinski definition) is 1. The molecule has 0 saturated heterocycles. The van der Waals surface area contributed by atoms with Crippen LogP contribution >= 0.6 is 0 Å². The molecule has 0 aliphatic heterocycles. The summed E-state index contributed by atoms with van der Waals surface area (Å²) in [5, 5.41) is 9.87. The molecule has 6 nitrogen and oxygen atoms in total. The van der Waals surface area contributed by atoms with Crippen molar-refractivity contribution in [3.8, 4) is 17.2 Å². The molecular formula is C26H23NO5. The molecule has 4 rings (SSSR count). The summed E-state index contributed by atoms with van der Waals surface area (Å²) in [5.74, 6) is 1.15. The molecule has 0 unspecified atom stereocenters. The summed E-state index contributed by atoms with van der Waals surface area (Å²) in [6, 6.07) is 26.8. The third kappa shape index (κ3) is 5.76. The molecule has 0 radical (unpaired) electrons. The molecule has 0 amide bonds. The predicted octanol–water partition coefficient (Wildman–Crippen LogP) is 5.25. The van der Waals surface area contributed by atoms with E-state index in [0.717, 1.165) is 27.9 Å². The molecule has 0 saturated carbocycles. The lowest BCUT2D eigenvalue weighted by Crippen LogP contribution is -2.07. The van der Waals surface area contributed by atoms with E-state index >= 15 is 0 Å².